The van der Waals surface area contributed by atoms with Crippen molar-refractivity contribution in [1.82, 2.24) is 0 Å². The molecule has 0 N–H and O–H groups in total. The third kappa shape index (κ3) is 2.51. The summed E-state index contributed by atoms with van der Waals surface area (Å²) in [4.78, 5) is 2.88. The van der Waals surface area contributed by atoms with Gasteiger partial charge in [-0.1, -0.05) is 35.4 Å². The van der Waals surface area contributed by atoms with Crippen LogP contribution in [0.1, 0.15) is 37.2 Å². The minimum Gasteiger partial charge on any atom is -0.0906 e. The maximum atomic E-state index is 8.36. The largest absolute Gasteiger partial charge is 0.0906 e. The first-order valence-electron chi connectivity index (χ1n) is 5.49. The number of benzene rings is 1. The van der Waals surface area contributed by atoms with Crippen LogP contribution in [0.3, 0.4) is 0 Å². The molecule has 1 fully saturated rings. The van der Waals surface area contributed by atoms with Crippen LogP contribution in [-0.4, -0.2) is 6.04 Å². The minimum atomic E-state index is 0.231. The third-order valence-electron chi connectivity index (χ3n) is 3.18. The Morgan fingerprint density at radius 2 is 1.73 bits per heavy atom. The van der Waals surface area contributed by atoms with Gasteiger partial charge in [0.15, 0.2) is 0 Å². The van der Waals surface area contributed by atoms with E-state index in [1.807, 2.05) is 0 Å². The highest BCUT2D eigenvalue weighted by Crippen LogP contribution is 2.33. The molecule has 1 aromatic rings. The summed E-state index contributed by atoms with van der Waals surface area (Å²) in [7, 11) is 0. The number of hydrogen-bond acceptors (Lipinski definition) is 1. The summed E-state index contributed by atoms with van der Waals surface area (Å²) in [6.45, 7) is 0. The fraction of sp³-hybridized carbons (Fsp3) is 0.500. The molecule has 2 rings (SSSR count). The second-order valence-electron chi connectivity index (χ2n) is 4.12. The van der Waals surface area contributed by atoms with Gasteiger partial charge in [-0.05, 0) is 42.7 Å². The van der Waals surface area contributed by atoms with Crippen molar-refractivity contribution in [3.8, 4) is 0 Å². The molecular formula is C12H15N3. The molecular weight excluding hydrogens is 186 g/mol. The number of azide groups is 1. The van der Waals surface area contributed by atoms with Gasteiger partial charge in [-0.25, -0.2) is 0 Å². The molecule has 0 radical (unpaired) electrons. The summed E-state index contributed by atoms with van der Waals surface area (Å²) < 4.78 is 0. The first-order valence-corrected chi connectivity index (χ1v) is 5.49. The number of rotatable bonds is 2. The Morgan fingerprint density at radius 3 is 2.33 bits per heavy atom. The van der Waals surface area contributed by atoms with Crippen LogP contribution in [0.4, 0.5) is 0 Å². The van der Waals surface area contributed by atoms with Crippen molar-refractivity contribution in [1.29, 1.82) is 0 Å². The summed E-state index contributed by atoms with van der Waals surface area (Å²) in [5, 5.41) is 3.79. The molecule has 1 aliphatic rings. The molecule has 78 valence electrons. The van der Waals surface area contributed by atoms with E-state index in [4.69, 9.17) is 5.53 Å². The van der Waals surface area contributed by atoms with Gasteiger partial charge in [-0.2, -0.15) is 0 Å². The lowest BCUT2D eigenvalue weighted by molar-refractivity contribution is 0.395. The smallest absolute Gasteiger partial charge is 0.0374 e. The van der Waals surface area contributed by atoms with Gasteiger partial charge >= 0.3 is 0 Å². The van der Waals surface area contributed by atoms with E-state index >= 15 is 0 Å². The van der Waals surface area contributed by atoms with Crippen molar-refractivity contribution >= 4 is 0 Å². The van der Waals surface area contributed by atoms with Crippen LogP contribution in [0.2, 0.25) is 0 Å². The Hall–Kier alpha value is -1.47. The lowest BCUT2D eigenvalue weighted by atomic mass is 9.82. The molecule has 0 atom stereocenters. The summed E-state index contributed by atoms with van der Waals surface area (Å²) in [5.41, 5.74) is 9.79. The predicted molar refractivity (Wildman–Crippen MR) is 60.6 cm³/mol. The molecule has 0 aromatic heterocycles. The van der Waals surface area contributed by atoms with E-state index in [0.717, 1.165) is 25.7 Å². The van der Waals surface area contributed by atoms with Crippen LogP contribution in [-0.2, 0) is 0 Å². The zero-order chi connectivity index (χ0) is 10.5. The van der Waals surface area contributed by atoms with Crippen LogP contribution >= 0.6 is 0 Å². The van der Waals surface area contributed by atoms with Crippen molar-refractivity contribution < 1.29 is 0 Å². The normalized spacial score (nSPS) is 25.6. The van der Waals surface area contributed by atoms with E-state index in [1.165, 1.54) is 5.56 Å². The molecule has 0 spiro atoms. The van der Waals surface area contributed by atoms with Gasteiger partial charge in [-0.3, -0.25) is 0 Å². The third-order valence-corrected chi connectivity index (χ3v) is 3.18. The van der Waals surface area contributed by atoms with Crippen LogP contribution in [0.15, 0.2) is 35.4 Å². The highest BCUT2D eigenvalue weighted by atomic mass is 15.1. The van der Waals surface area contributed by atoms with Crippen LogP contribution in [0, 0.1) is 0 Å². The monoisotopic (exact) mass is 201 g/mol. The molecule has 1 saturated carbocycles. The van der Waals surface area contributed by atoms with E-state index in [0.29, 0.717) is 5.92 Å². The van der Waals surface area contributed by atoms with Gasteiger partial charge in [0.05, 0.1) is 0 Å². The number of hydrogen-bond donors (Lipinski definition) is 0. The van der Waals surface area contributed by atoms with Gasteiger partial charge in [-0.15, -0.1) is 0 Å². The molecule has 0 saturated heterocycles. The van der Waals surface area contributed by atoms with Gasteiger partial charge in [0.1, 0.15) is 0 Å². The van der Waals surface area contributed by atoms with E-state index in [2.05, 4.69) is 40.4 Å². The summed E-state index contributed by atoms with van der Waals surface area (Å²) in [6, 6.07) is 10.9. The Bertz CT molecular complexity index is 346. The standard InChI is InChI=1S/C12H15N3/c13-15-14-12-8-6-11(7-9-12)10-4-2-1-3-5-10/h1-5,11-12H,6-9H2. The van der Waals surface area contributed by atoms with Crippen molar-refractivity contribution in [3.63, 3.8) is 0 Å². The van der Waals surface area contributed by atoms with Gasteiger partial charge in [0, 0.05) is 11.0 Å². The quantitative estimate of drug-likeness (QED) is 0.394. The highest BCUT2D eigenvalue weighted by molar-refractivity contribution is 5.20. The average molecular weight is 201 g/mol. The minimum absolute atomic E-state index is 0.231. The second kappa shape index (κ2) is 4.85. The zero-order valence-corrected chi connectivity index (χ0v) is 8.71. The Labute approximate surface area is 89.7 Å². The fourth-order valence-corrected chi connectivity index (χ4v) is 2.32. The molecule has 0 heterocycles. The van der Waals surface area contributed by atoms with Gasteiger partial charge < -0.3 is 0 Å². The van der Waals surface area contributed by atoms with Crippen LogP contribution < -0.4 is 0 Å². The van der Waals surface area contributed by atoms with Crippen molar-refractivity contribution in [2.45, 2.75) is 37.6 Å². The predicted octanol–water partition coefficient (Wildman–Crippen LogP) is 4.02. The van der Waals surface area contributed by atoms with E-state index < -0.39 is 0 Å². The molecule has 15 heavy (non-hydrogen) atoms. The Kier molecular flexibility index (Phi) is 3.25. The van der Waals surface area contributed by atoms with Crippen molar-refractivity contribution in [2.24, 2.45) is 5.11 Å². The number of nitrogens with zero attached hydrogens (tertiary/aromatic N) is 3. The van der Waals surface area contributed by atoms with Crippen LogP contribution in [0.25, 0.3) is 10.4 Å². The molecule has 1 aliphatic carbocycles. The maximum absolute atomic E-state index is 8.36. The van der Waals surface area contributed by atoms with E-state index in [9.17, 15) is 0 Å². The SMILES string of the molecule is [N-]=[N+]=NC1CCC(c2ccccc2)CC1. The Morgan fingerprint density at radius 1 is 1.07 bits per heavy atom. The van der Waals surface area contributed by atoms with Crippen molar-refractivity contribution in [3.05, 3.63) is 46.3 Å². The summed E-state index contributed by atoms with van der Waals surface area (Å²) in [6.07, 6.45) is 4.36. The molecule has 0 amide bonds. The van der Waals surface area contributed by atoms with Gasteiger partial charge in [0.2, 0.25) is 0 Å². The van der Waals surface area contributed by atoms with Gasteiger partial charge in [0.25, 0.3) is 0 Å². The molecule has 0 aliphatic heterocycles. The maximum Gasteiger partial charge on any atom is 0.0374 e. The van der Waals surface area contributed by atoms with E-state index in [1.54, 1.807) is 0 Å². The highest BCUT2D eigenvalue weighted by Gasteiger charge is 2.20. The van der Waals surface area contributed by atoms with Crippen molar-refractivity contribution in [2.75, 3.05) is 0 Å². The van der Waals surface area contributed by atoms with Crippen LogP contribution in [0.5, 0.6) is 0 Å². The van der Waals surface area contributed by atoms with E-state index in [-0.39, 0.29) is 6.04 Å². The lowest BCUT2D eigenvalue weighted by Crippen LogP contribution is -2.15. The first kappa shape index (κ1) is 10.1. The molecule has 0 bridgehead atoms. The molecule has 0 unspecified atom stereocenters. The average Bonchev–Trinajstić information content (AvgIpc) is 2.32. The lowest BCUT2D eigenvalue weighted by Gasteiger charge is -2.25. The first-order chi connectivity index (χ1) is 7.40. The molecule has 3 nitrogen and oxygen atoms in total. The summed E-state index contributed by atoms with van der Waals surface area (Å²) in [5.74, 6) is 0.663. The summed E-state index contributed by atoms with van der Waals surface area (Å²) >= 11 is 0. The second-order valence-corrected chi connectivity index (χ2v) is 4.12. The Balaban J connectivity index is 1.97. The fourth-order valence-electron chi connectivity index (χ4n) is 2.32. The topological polar surface area (TPSA) is 48.8 Å². The molecule has 3 heteroatoms. The zero-order valence-electron chi connectivity index (χ0n) is 8.71. The molecule has 1 aromatic carbocycles.